The SMILES string of the molecule is O=C(CC1CCN(C(=O)c2cn(-c3ccccc3)nc2-c2ccccc2)CC1)N1CCOCC1. The third kappa shape index (κ3) is 4.89. The first-order chi connectivity index (χ1) is 16.7. The van der Waals surface area contributed by atoms with Gasteiger partial charge < -0.3 is 14.5 Å². The molecule has 0 saturated carbocycles. The summed E-state index contributed by atoms with van der Waals surface area (Å²) in [6, 6.07) is 19.7. The number of para-hydroxylation sites is 1. The minimum atomic E-state index is -0.000935. The number of benzene rings is 2. The second-order valence-corrected chi connectivity index (χ2v) is 8.97. The van der Waals surface area contributed by atoms with E-state index in [0.29, 0.717) is 63.0 Å². The van der Waals surface area contributed by atoms with Crippen LogP contribution in [0.1, 0.15) is 29.6 Å². The number of rotatable bonds is 5. The van der Waals surface area contributed by atoms with E-state index in [1.54, 1.807) is 4.68 Å². The van der Waals surface area contributed by atoms with Crippen molar-refractivity contribution in [3.63, 3.8) is 0 Å². The number of ether oxygens (including phenoxy) is 1. The van der Waals surface area contributed by atoms with E-state index < -0.39 is 0 Å². The van der Waals surface area contributed by atoms with Crippen molar-refractivity contribution in [1.29, 1.82) is 0 Å². The molecule has 0 N–H and O–H groups in total. The predicted molar refractivity (Wildman–Crippen MR) is 130 cm³/mol. The molecule has 3 heterocycles. The van der Waals surface area contributed by atoms with Crippen LogP contribution in [0.15, 0.2) is 66.9 Å². The molecule has 0 radical (unpaired) electrons. The molecule has 7 nitrogen and oxygen atoms in total. The number of piperidine rings is 1. The van der Waals surface area contributed by atoms with Crippen LogP contribution in [0, 0.1) is 5.92 Å². The van der Waals surface area contributed by atoms with Gasteiger partial charge in [-0.25, -0.2) is 4.68 Å². The molecule has 2 aliphatic heterocycles. The van der Waals surface area contributed by atoms with Gasteiger partial charge in [0.15, 0.2) is 0 Å². The quantitative estimate of drug-likeness (QED) is 0.586. The summed E-state index contributed by atoms with van der Waals surface area (Å²) in [7, 11) is 0. The van der Waals surface area contributed by atoms with E-state index in [0.717, 1.165) is 24.1 Å². The van der Waals surface area contributed by atoms with Crippen molar-refractivity contribution < 1.29 is 14.3 Å². The molecule has 0 unspecified atom stereocenters. The number of aromatic nitrogens is 2. The first-order valence-corrected chi connectivity index (χ1v) is 12.0. The number of likely N-dealkylation sites (tertiary alicyclic amines) is 1. The van der Waals surface area contributed by atoms with Gasteiger partial charge in [-0.1, -0.05) is 48.5 Å². The average molecular weight is 459 g/mol. The number of amides is 2. The maximum atomic E-state index is 13.6. The van der Waals surface area contributed by atoms with E-state index in [1.807, 2.05) is 76.7 Å². The van der Waals surface area contributed by atoms with Gasteiger partial charge in [0, 0.05) is 44.4 Å². The third-order valence-electron chi connectivity index (χ3n) is 6.74. The zero-order valence-electron chi connectivity index (χ0n) is 19.3. The van der Waals surface area contributed by atoms with Gasteiger partial charge in [-0.05, 0) is 30.9 Å². The number of morpholine rings is 1. The van der Waals surface area contributed by atoms with Crippen LogP contribution in [0.3, 0.4) is 0 Å². The molecule has 0 spiro atoms. The van der Waals surface area contributed by atoms with Crippen molar-refractivity contribution in [3.05, 3.63) is 72.4 Å². The minimum Gasteiger partial charge on any atom is -0.378 e. The Morgan fingerprint density at radius 2 is 1.50 bits per heavy atom. The van der Waals surface area contributed by atoms with Gasteiger partial charge in [0.2, 0.25) is 5.91 Å². The molecule has 0 bridgehead atoms. The summed E-state index contributed by atoms with van der Waals surface area (Å²) in [4.78, 5) is 30.0. The standard InChI is InChI=1S/C27H30N4O3/c32-25(29-15-17-34-18-16-29)19-21-11-13-30(14-12-21)27(33)24-20-31(23-9-5-2-6-10-23)28-26(24)22-7-3-1-4-8-22/h1-10,20-21H,11-19H2. The van der Waals surface area contributed by atoms with Crippen LogP contribution in [-0.4, -0.2) is 70.8 Å². The largest absolute Gasteiger partial charge is 0.378 e. The number of nitrogens with zero attached hydrogens (tertiary/aromatic N) is 4. The van der Waals surface area contributed by atoms with E-state index >= 15 is 0 Å². The number of carbonyl (C=O) groups is 2. The van der Waals surface area contributed by atoms with Crippen molar-refractivity contribution in [3.8, 4) is 16.9 Å². The first kappa shape index (κ1) is 22.3. The van der Waals surface area contributed by atoms with E-state index in [4.69, 9.17) is 9.84 Å². The topological polar surface area (TPSA) is 67.7 Å². The molecule has 2 aliphatic rings. The molecule has 2 aromatic carbocycles. The summed E-state index contributed by atoms with van der Waals surface area (Å²) in [5.74, 6) is 0.530. The van der Waals surface area contributed by atoms with Crippen LogP contribution in [-0.2, 0) is 9.53 Å². The van der Waals surface area contributed by atoms with Gasteiger partial charge >= 0.3 is 0 Å². The highest BCUT2D eigenvalue weighted by Gasteiger charge is 2.29. The van der Waals surface area contributed by atoms with Gasteiger partial charge in [0.05, 0.1) is 24.5 Å². The lowest BCUT2D eigenvalue weighted by Gasteiger charge is -2.33. The van der Waals surface area contributed by atoms with E-state index in [-0.39, 0.29) is 11.8 Å². The minimum absolute atomic E-state index is 0.000935. The smallest absolute Gasteiger partial charge is 0.257 e. The second kappa shape index (κ2) is 10.2. The summed E-state index contributed by atoms with van der Waals surface area (Å²) in [6.07, 6.45) is 4.09. The molecular formula is C27H30N4O3. The Labute approximate surface area is 199 Å². The molecule has 1 aromatic heterocycles. The lowest BCUT2D eigenvalue weighted by atomic mass is 9.92. The maximum absolute atomic E-state index is 13.6. The third-order valence-corrected chi connectivity index (χ3v) is 6.74. The fourth-order valence-electron chi connectivity index (χ4n) is 4.75. The molecule has 2 amide bonds. The first-order valence-electron chi connectivity index (χ1n) is 12.0. The second-order valence-electron chi connectivity index (χ2n) is 8.97. The fourth-order valence-corrected chi connectivity index (χ4v) is 4.75. The van der Waals surface area contributed by atoms with Crippen molar-refractivity contribution in [2.24, 2.45) is 5.92 Å². The Morgan fingerprint density at radius 1 is 0.853 bits per heavy atom. The van der Waals surface area contributed by atoms with Crippen molar-refractivity contribution >= 4 is 11.8 Å². The summed E-state index contributed by atoms with van der Waals surface area (Å²) in [5.41, 5.74) is 3.14. The molecule has 0 aliphatic carbocycles. The Bertz CT molecular complexity index is 1120. The van der Waals surface area contributed by atoms with Gasteiger partial charge in [0.1, 0.15) is 5.69 Å². The molecule has 7 heteroatoms. The molecule has 3 aromatic rings. The summed E-state index contributed by atoms with van der Waals surface area (Å²) >= 11 is 0. The number of carbonyl (C=O) groups excluding carboxylic acids is 2. The summed E-state index contributed by atoms with van der Waals surface area (Å²) in [6.45, 7) is 3.93. The zero-order chi connectivity index (χ0) is 23.3. The Balaban J connectivity index is 1.30. The van der Waals surface area contributed by atoms with Gasteiger partial charge in [0.25, 0.3) is 5.91 Å². The van der Waals surface area contributed by atoms with E-state index in [9.17, 15) is 9.59 Å². The molecule has 2 fully saturated rings. The molecule has 5 rings (SSSR count). The van der Waals surface area contributed by atoms with Gasteiger partial charge in [-0.15, -0.1) is 0 Å². The van der Waals surface area contributed by atoms with Gasteiger partial charge in [-0.3, -0.25) is 9.59 Å². The maximum Gasteiger partial charge on any atom is 0.257 e. The van der Waals surface area contributed by atoms with Crippen LogP contribution in [0.2, 0.25) is 0 Å². The monoisotopic (exact) mass is 458 g/mol. The molecule has 176 valence electrons. The normalized spacial score (nSPS) is 17.1. The lowest BCUT2D eigenvalue weighted by Crippen LogP contribution is -2.43. The summed E-state index contributed by atoms with van der Waals surface area (Å²) in [5, 5.41) is 4.78. The fraction of sp³-hybridized carbons (Fsp3) is 0.370. The van der Waals surface area contributed by atoms with Crippen molar-refractivity contribution in [1.82, 2.24) is 19.6 Å². The molecule has 34 heavy (non-hydrogen) atoms. The predicted octanol–water partition coefficient (Wildman–Crippen LogP) is 3.64. The molecule has 2 saturated heterocycles. The zero-order valence-corrected chi connectivity index (χ0v) is 19.3. The van der Waals surface area contributed by atoms with Crippen LogP contribution in [0.25, 0.3) is 16.9 Å². The summed E-state index contributed by atoms with van der Waals surface area (Å²) < 4.78 is 7.13. The highest BCUT2D eigenvalue weighted by atomic mass is 16.5. The Hall–Kier alpha value is -3.45. The van der Waals surface area contributed by atoms with E-state index in [2.05, 4.69) is 0 Å². The highest BCUT2D eigenvalue weighted by Crippen LogP contribution is 2.28. The van der Waals surface area contributed by atoms with Crippen LogP contribution in [0.5, 0.6) is 0 Å². The van der Waals surface area contributed by atoms with Crippen LogP contribution < -0.4 is 0 Å². The van der Waals surface area contributed by atoms with E-state index in [1.165, 1.54) is 0 Å². The van der Waals surface area contributed by atoms with Crippen molar-refractivity contribution in [2.75, 3.05) is 39.4 Å². The highest BCUT2D eigenvalue weighted by molar-refractivity contribution is 6.00. The molecule has 0 atom stereocenters. The average Bonchev–Trinajstić information content (AvgIpc) is 3.36. The Kier molecular flexibility index (Phi) is 6.72. The molecular weight excluding hydrogens is 428 g/mol. The van der Waals surface area contributed by atoms with Crippen molar-refractivity contribution in [2.45, 2.75) is 19.3 Å². The number of hydrogen-bond acceptors (Lipinski definition) is 4. The Morgan fingerprint density at radius 3 is 2.18 bits per heavy atom. The van der Waals surface area contributed by atoms with Crippen LogP contribution in [0.4, 0.5) is 0 Å². The van der Waals surface area contributed by atoms with Gasteiger partial charge in [-0.2, -0.15) is 5.10 Å². The van der Waals surface area contributed by atoms with Crippen LogP contribution >= 0.6 is 0 Å². The number of hydrogen-bond donors (Lipinski definition) is 0. The lowest BCUT2D eigenvalue weighted by molar-refractivity contribution is -0.136.